The average molecular weight is 447 g/mol. The van der Waals surface area contributed by atoms with E-state index in [1.807, 2.05) is 39.0 Å². The molecule has 1 aliphatic rings. The number of aryl methyl sites for hydroxylation is 3. The number of fused-ring (bicyclic) bond motifs is 1. The molecule has 1 aromatic heterocycles. The highest BCUT2D eigenvalue weighted by Crippen LogP contribution is 2.25. The van der Waals surface area contributed by atoms with Gasteiger partial charge in [-0.05, 0) is 72.7 Å². The zero-order valence-electron chi connectivity index (χ0n) is 19.7. The lowest BCUT2D eigenvalue weighted by molar-refractivity contribution is 0.282. The van der Waals surface area contributed by atoms with Crippen LogP contribution in [-0.4, -0.2) is 31.4 Å². The summed E-state index contributed by atoms with van der Waals surface area (Å²) in [7, 11) is 1.57. The number of nitrogens with zero attached hydrogens (tertiary/aromatic N) is 6. The minimum absolute atomic E-state index is 0.257. The zero-order valence-corrected chi connectivity index (χ0v) is 19.7. The lowest BCUT2D eigenvalue weighted by Gasteiger charge is -2.18. The van der Waals surface area contributed by atoms with Gasteiger partial charge in [0.15, 0.2) is 0 Å². The summed E-state index contributed by atoms with van der Waals surface area (Å²) in [6, 6.07) is 12.2. The van der Waals surface area contributed by atoms with E-state index in [0.717, 1.165) is 29.7 Å². The fourth-order valence-electron chi connectivity index (χ4n) is 4.20. The van der Waals surface area contributed by atoms with Gasteiger partial charge in [0.1, 0.15) is 6.61 Å². The quantitative estimate of drug-likeness (QED) is 0.326. The molecule has 0 bridgehead atoms. The highest BCUT2D eigenvalue weighted by Gasteiger charge is 2.15. The first-order valence-corrected chi connectivity index (χ1v) is 11.4. The molecule has 0 fully saturated rings. The number of benzene rings is 2. The first-order chi connectivity index (χ1) is 16.0. The Balaban J connectivity index is 1.56. The number of aromatic nitrogens is 4. The molecule has 0 saturated heterocycles. The van der Waals surface area contributed by atoms with Gasteiger partial charge in [-0.15, -0.1) is 5.10 Å². The van der Waals surface area contributed by atoms with Crippen LogP contribution in [-0.2, 0) is 31.2 Å². The Morgan fingerprint density at radius 1 is 1.09 bits per heavy atom. The Labute approximate surface area is 193 Å². The van der Waals surface area contributed by atoms with Gasteiger partial charge >= 0.3 is 5.69 Å². The third-order valence-electron chi connectivity index (χ3n) is 6.12. The SMILES string of the molecule is CCC(=NN=C(C)c1cccc2c1CCCC2)OCc1c(C)cccc1-n1nnn(C)c1=O. The van der Waals surface area contributed by atoms with E-state index in [-0.39, 0.29) is 12.3 Å². The van der Waals surface area contributed by atoms with E-state index < -0.39 is 0 Å². The predicted octanol–water partition coefficient (Wildman–Crippen LogP) is 3.90. The van der Waals surface area contributed by atoms with E-state index in [1.165, 1.54) is 38.9 Å². The van der Waals surface area contributed by atoms with Crippen LogP contribution in [0.5, 0.6) is 0 Å². The smallest absolute Gasteiger partial charge is 0.368 e. The van der Waals surface area contributed by atoms with E-state index in [9.17, 15) is 4.79 Å². The number of ether oxygens (including phenoxy) is 1. The molecule has 8 heteroatoms. The van der Waals surface area contributed by atoms with Crippen LogP contribution in [0, 0.1) is 6.92 Å². The van der Waals surface area contributed by atoms with Gasteiger partial charge in [-0.1, -0.05) is 37.3 Å². The number of tetrazole rings is 1. The highest BCUT2D eigenvalue weighted by molar-refractivity contribution is 6.00. The molecule has 4 rings (SSSR count). The zero-order chi connectivity index (χ0) is 23.4. The molecule has 0 N–H and O–H groups in total. The maximum absolute atomic E-state index is 12.4. The van der Waals surface area contributed by atoms with Gasteiger partial charge in [0.05, 0.1) is 11.4 Å². The summed E-state index contributed by atoms with van der Waals surface area (Å²) in [6.07, 6.45) is 5.31. The molecule has 33 heavy (non-hydrogen) atoms. The van der Waals surface area contributed by atoms with Crippen LogP contribution >= 0.6 is 0 Å². The van der Waals surface area contributed by atoms with Crippen LogP contribution < -0.4 is 5.69 Å². The number of hydrogen-bond donors (Lipinski definition) is 0. The Hall–Kier alpha value is -3.55. The van der Waals surface area contributed by atoms with Gasteiger partial charge in [0, 0.05) is 24.6 Å². The highest BCUT2D eigenvalue weighted by atomic mass is 16.5. The van der Waals surface area contributed by atoms with Crippen LogP contribution in [0.2, 0.25) is 0 Å². The normalized spacial score (nSPS) is 14.3. The molecule has 0 saturated carbocycles. The van der Waals surface area contributed by atoms with Crippen molar-refractivity contribution in [3.05, 3.63) is 74.7 Å². The first kappa shape index (κ1) is 22.6. The summed E-state index contributed by atoms with van der Waals surface area (Å²) < 4.78 is 8.53. The molecule has 1 heterocycles. The molecular weight excluding hydrogens is 416 g/mol. The Kier molecular flexibility index (Phi) is 6.82. The predicted molar refractivity (Wildman–Crippen MR) is 129 cm³/mol. The summed E-state index contributed by atoms with van der Waals surface area (Å²) in [5.41, 5.74) is 7.10. The largest absolute Gasteiger partial charge is 0.475 e. The fraction of sp³-hybridized carbons (Fsp3) is 0.400. The first-order valence-electron chi connectivity index (χ1n) is 11.4. The summed E-state index contributed by atoms with van der Waals surface area (Å²) >= 11 is 0. The molecule has 3 aromatic rings. The van der Waals surface area contributed by atoms with Gasteiger partial charge in [-0.2, -0.15) is 14.5 Å². The second-order valence-electron chi connectivity index (χ2n) is 8.34. The van der Waals surface area contributed by atoms with Crippen molar-refractivity contribution in [1.29, 1.82) is 0 Å². The molecule has 0 aliphatic heterocycles. The van der Waals surface area contributed by atoms with E-state index in [1.54, 1.807) is 7.05 Å². The van der Waals surface area contributed by atoms with E-state index in [4.69, 9.17) is 4.74 Å². The molecule has 2 aromatic carbocycles. The van der Waals surface area contributed by atoms with Crippen molar-refractivity contribution in [3.63, 3.8) is 0 Å². The third kappa shape index (κ3) is 4.79. The van der Waals surface area contributed by atoms with Crippen LogP contribution in [0.1, 0.15) is 60.9 Å². The lowest BCUT2D eigenvalue weighted by atomic mass is 9.87. The van der Waals surface area contributed by atoms with Crippen molar-refractivity contribution in [3.8, 4) is 5.69 Å². The van der Waals surface area contributed by atoms with Crippen LogP contribution in [0.25, 0.3) is 5.69 Å². The van der Waals surface area contributed by atoms with Crippen LogP contribution in [0.4, 0.5) is 0 Å². The molecule has 1 aliphatic carbocycles. The molecular formula is C25H30N6O2. The van der Waals surface area contributed by atoms with Gasteiger partial charge in [-0.25, -0.2) is 4.79 Å². The maximum Gasteiger partial charge on any atom is 0.368 e. The van der Waals surface area contributed by atoms with E-state index in [0.29, 0.717) is 18.0 Å². The van der Waals surface area contributed by atoms with Crippen LogP contribution in [0.3, 0.4) is 0 Å². The summed E-state index contributed by atoms with van der Waals surface area (Å²) in [4.78, 5) is 12.4. The topological polar surface area (TPSA) is 86.7 Å². The minimum Gasteiger partial charge on any atom is -0.475 e. The number of rotatable bonds is 6. The molecule has 8 nitrogen and oxygen atoms in total. The van der Waals surface area contributed by atoms with E-state index >= 15 is 0 Å². The molecule has 0 unspecified atom stereocenters. The second-order valence-corrected chi connectivity index (χ2v) is 8.34. The molecule has 0 radical (unpaired) electrons. The summed E-state index contributed by atoms with van der Waals surface area (Å²) in [6.45, 7) is 6.22. The van der Waals surface area contributed by atoms with Crippen molar-refractivity contribution >= 4 is 11.6 Å². The van der Waals surface area contributed by atoms with Crippen molar-refractivity contribution in [2.24, 2.45) is 17.3 Å². The minimum atomic E-state index is -0.308. The van der Waals surface area contributed by atoms with Gasteiger partial charge < -0.3 is 4.74 Å². The fourth-order valence-corrected chi connectivity index (χ4v) is 4.20. The Morgan fingerprint density at radius 3 is 2.64 bits per heavy atom. The maximum atomic E-state index is 12.4. The van der Waals surface area contributed by atoms with E-state index in [2.05, 4.69) is 38.8 Å². The molecule has 0 amide bonds. The second kappa shape index (κ2) is 9.94. The summed E-state index contributed by atoms with van der Waals surface area (Å²) in [5, 5.41) is 16.7. The van der Waals surface area contributed by atoms with Crippen molar-refractivity contribution in [2.75, 3.05) is 0 Å². The molecule has 0 atom stereocenters. The standard InChI is InChI=1S/C25H30N6O2/c1-5-24(27-26-18(3)20-14-9-12-19-11-6-7-13-21(19)20)33-16-22-17(2)10-8-15-23(22)31-25(32)30(4)28-29-31/h8-10,12,14-15H,5-7,11,13,16H2,1-4H3. The van der Waals surface area contributed by atoms with Crippen molar-refractivity contribution in [1.82, 2.24) is 19.8 Å². The van der Waals surface area contributed by atoms with Crippen molar-refractivity contribution < 1.29 is 4.74 Å². The van der Waals surface area contributed by atoms with Gasteiger partial charge in [0.25, 0.3) is 0 Å². The van der Waals surface area contributed by atoms with Gasteiger partial charge in [0.2, 0.25) is 5.90 Å². The summed E-state index contributed by atoms with van der Waals surface area (Å²) in [5.74, 6) is 0.542. The lowest BCUT2D eigenvalue weighted by Crippen LogP contribution is -2.23. The number of hydrogen-bond acceptors (Lipinski definition) is 6. The Bertz CT molecular complexity index is 1270. The van der Waals surface area contributed by atoms with Crippen LogP contribution in [0.15, 0.2) is 51.4 Å². The molecule has 0 spiro atoms. The third-order valence-corrected chi connectivity index (χ3v) is 6.12. The van der Waals surface area contributed by atoms with Gasteiger partial charge in [-0.3, -0.25) is 0 Å². The van der Waals surface area contributed by atoms with Crippen molar-refractivity contribution in [2.45, 2.75) is 59.5 Å². The monoisotopic (exact) mass is 446 g/mol. The Morgan fingerprint density at radius 2 is 1.88 bits per heavy atom. The molecule has 172 valence electrons. The average Bonchev–Trinajstić information content (AvgIpc) is 3.17.